The molecule has 0 N–H and O–H groups in total. The van der Waals surface area contributed by atoms with Crippen LogP contribution in [0, 0.1) is 24.1 Å². The van der Waals surface area contributed by atoms with Gasteiger partial charge in [-0.3, -0.25) is 15.0 Å². The summed E-state index contributed by atoms with van der Waals surface area (Å²) in [5, 5.41) is 8.65. The number of halogens is 1. The van der Waals surface area contributed by atoms with Crippen LogP contribution in [0.5, 0.6) is 0 Å². The van der Waals surface area contributed by atoms with Gasteiger partial charge in [0.2, 0.25) is 0 Å². The highest BCUT2D eigenvalue weighted by Crippen LogP contribution is 2.23. The number of aromatic nitrogens is 4. The largest absolute Gasteiger partial charge is 0.264 e. The summed E-state index contributed by atoms with van der Waals surface area (Å²) in [6, 6.07) is 35.8. The molecular weight excluding hydrogens is 750 g/mol. The van der Waals surface area contributed by atoms with Crippen molar-refractivity contribution in [1.82, 2.24) is 19.9 Å². The van der Waals surface area contributed by atoms with Crippen LogP contribution >= 0.6 is 0 Å². The highest BCUT2D eigenvalue weighted by Gasteiger charge is 2.14. The molecule has 0 amide bonds. The quantitative estimate of drug-likeness (QED) is 0.178. The van der Waals surface area contributed by atoms with Gasteiger partial charge in [-0.1, -0.05) is 183 Å². The monoisotopic (exact) mass is 824 g/mol. The Morgan fingerprint density at radius 3 is 1.36 bits per heavy atom. The molecule has 0 radical (unpaired) electrons. The zero-order valence-electron chi connectivity index (χ0n) is 40.1. The number of pyridine rings is 2. The van der Waals surface area contributed by atoms with Crippen molar-refractivity contribution in [2.24, 2.45) is 0 Å². The predicted molar refractivity (Wildman–Crippen MR) is 258 cm³/mol. The molecule has 6 rings (SSSR count). The standard InChI is InChI=1S/C10H13F.2C10H14.C9H10N2.C9H13N.C7H10N2/c1-10(2,3)8-5-4-6-9(11)7-8;1-10(2,3)9-7-5-4-6-8-9;1-8(2)10-7-5-4-6-9(10)3;1-7(2)8-4-3-5-11-9(8)6-10;1-9(2,3)8-5-4-6-10-7-8;1-6(2)7-5-8-3-4-9-7/h4-7H,1-3H3;2*4-8H,1-3H3;3-5,7H,1-2H3;4-7H,1-3H3;3-6H,1-2H3. The van der Waals surface area contributed by atoms with Gasteiger partial charge in [-0.05, 0) is 98.6 Å². The Labute approximate surface area is 370 Å². The van der Waals surface area contributed by atoms with Crippen molar-refractivity contribution in [3.63, 3.8) is 0 Å². The van der Waals surface area contributed by atoms with E-state index in [0.717, 1.165) is 16.8 Å². The number of hydrogen-bond donors (Lipinski definition) is 0. The number of aryl methyl sites for hydroxylation is 1. The smallest absolute Gasteiger partial charge is 0.143 e. The Hall–Kier alpha value is -5.54. The average molecular weight is 824 g/mol. The number of hydrogen-bond acceptors (Lipinski definition) is 5. The number of benzene rings is 3. The fourth-order valence-electron chi connectivity index (χ4n) is 5.52. The van der Waals surface area contributed by atoms with Gasteiger partial charge in [-0.2, -0.15) is 5.26 Å². The van der Waals surface area contributed by atoms with Gasteiger partial charge in [-0.25, -0.2) is 9.37 Å². The van der Waals surface area contributed by atoms with Crippen LogP contribution in [0.2, 0.25) is 0 Å². The molecule has 3 aromatic heterocycles. The van der Waals surface area contributed by atoms with Gasteiger partial charge in [-0.15, -0.1) is 0 Å². The van der Waals surface area contributed by atoms with Crippen LogP contribution in [0.4, 0.5) is 4.39 Å². The summed E-state index contributed by atoms with van der Waals surface area (Å²) in [5.41, 5.74) is 9.77. The molecule has 6 aromatic rings. The lowest BCUT2D eigenvalue weighted by Gasteiger charge is -2.18. The Bertz CT molecular complexity index is 2050. The molecule has 0 saturated carbocycles. The highest BCUT2D eigenvalue weighted by atomic mass is 19.1. The van der Waals surface area contributed by atoms with Crippen molar-refractivity contribution in [2.45, 2.75) is 145 Å². The minimum Gasteiger partial charge on any atom is -0.264 e. The van der Waals surface area contributed by atoms with E-state index < -0.39 is 0 Å². The molecular formula is C55H74FN5. The van der Waals surface area contributed by atoms with Crippen LogP contribution < -0.4 is 0 Å². The lowest BCUT2D eigenvalue weighted by atomic mass is 9.87. The summed E-state index contributed by atoms with van der Waals surface area (Å²) in [7, 11) is 0. The van der Waals surface area contributed by atoms with Crippen molar-refractivity contribution in [2.75, 3.05) is 0 Å². The molecule has 0 unspecified atom stereocenters. The molecule has 0 aliphatic carbocycles. The first kappa shape index (κ1) is 53.5. The lowest BCUT2D eigenvalue weighted by molar-refractivity contribution is 0.572. The molecule has 0 spiro atoms. The fraction of sp³-hybridized carbons (Fsp3) is 0.400. The topological polar surface area (TPSA) is 75.3 Å². The van der Waals surface area contributed by atoms with Gasteiger partial charge in [0.05, 0.1) is 5.69 Å². The van der Waals surface area contributed by atoms with E-state index in [1.807, 2.05) is 30.5 Å². The number of nitriles is 1. The number of nitrogens with zero attached hydrogens (tertiary/aromatic N) is 5. The van der Waals surface area contributed by atoms with Gasteiger partial charge in [0.1, 0.15) is 17.6 Å². The third kappa shape index (κ3) is 22.0. The van der Waals surface area contributed by atoms with Crippen LogP contribution in [0.25, 0.3) is 0 Å². The first-order valence-electron chi connectivity index (χ1n) is 21.4. The van der Waals surface area contributed by atoms with E-state index in [0.29, 0.717) is 28.9 Å². The molecule has 326 valence electrons. The van der Waals surface area contributed by atoms with Crippen molar-refractivity contribution in [3.8, 4) is 6.07 Å². The summed E-state index contributed by atoms with van der Waals surface area (Å²) in [6.07, 6.45) is 10.6. The van der Waals surface area contributed by atoms with Gasteiger partial charge >= 0.3 is 0 Å². The van der Waals surface area contributed by atoms with E-state index in [9.17, 15) is 4.39 Å². The van der Waals surface area contributed by atoms with Gasteiger partial charge < -0.3 is 0 Å². The molecule has 0 bridgehead atoms. The Morgan fingerprint density at radius 1 is 0.492 bits per heavy atom. The molecule has 0 aliphatic rings. The Morgan fingerprint density at radius 2 is 1.00 bits per heavy atom. The molecule has 61 heavy (non-hydrogen) atoms. The van der Waals surface area contributed by atoms with Crippen LogP contribution in [0.3, 0.4) is 0 Å². The molecule has 0 aliphatic heterocycles. The lowest BCUT2D eigenvalue weighted by Crippen LogP contribution is -2.10. The summed E-state index contributed by atoms with van der Waals surface area (Å²) in [4.78, 5) is 16.1. The van der Waals surface area contributed by atoms with Crippen molar-refractivity contribution >= 4 is 0 Å². The van der Waals surface area contributed by atoms with E-state index in [-0.39, 0.29) is 16.6 Å². The zero-order valence-corrected chi connectivity index (χ0v) is 40.1. The van der Waals surface area contributed by atoms with Crippen LogP contribution in [0.1, 0.15) is 166 Å². The maximum absolute atomic E-state index is 12.7. The summed E-state index contributed by atoms with van der Waals surface area (Å²) in [5.74, 6) is 1.36. The van der Waals surface area contributed by atoms with Crippen LogP contribution in [0.15, 0.2) is 140 Å². The van der Waals surface area contributed by atoms with Gasteiger partial charge in [0, 0.05) is 37.2 Å². The normalized spacial score (nSPS) is 10.8. The fourth-order valence-corrected chi connectivity index (χ4v) is 5.52. The first-order valence-corrected chi connectivity index (χ1v) is 21.4. The average Bonchev–Trinajstić information content (AvgIpc) is 3.22. The molecule has 0 saturated heterocycles. The first-order chi connectivity index (χ1) is 28.5. The molecule has 5 nitrogen and oxygen atoms in total. The molecule has 6 heteroatoms. The van der Waals surface area contributed by atoms with E-state index in [1.165, 1.54) is 28.3 Å². The van der Waals surface area contributed by atoms with E-state index >= 15 is 0 Å². The van der Waals surface area contributed by atoms with Crippen LogP contribution in [-0.4, -0.2) is 19.9 Å². The Balaban J connectivity index is 0.000000366. The van der Waals surface area contributed by atoms with E-state index in [2.05, 4.69) is 197 Å². The van der Waals surface area contributed by atoms with Crippen LogP contribution in [-0.2, 0) is 16.2 Å². The zero-order chi connectivity index (χ0) is 46.2. The van der Waals surface area contributed by atoms with Crippen molar-refractivity contribution < 1.29 is 4.39 Å². The van der Waals surface area contributed by atoms with Crippen molar-refractivity contribution in [3.05, 3.63) is 191 Å². The third-order valence-electron chi connectivity index (χ3n) is 9.41. The Kier molecular flexibility index (Phi) is 23.3. The van der Waals surface area contributed by atoms with Gasteiger partial charge in [0.25, 0.3) is 0 Å². The molecule has 0 atom stereocenters. The molecule has 3 aromatic carbocycles. The SMILES string of the molecule is CC(C)(C)c1cccc(F)c1.CC(C)(C)c1ccccc1.CC(C)(C)c1cccnc1.CC(C)c1cccnc1C#N.CC(C)c1cnccn1.Cc1ccccc1C(C)C. The minimum absolute atomic E-state index is 0.0437. The summed E-state index contributed by atoms with van der Waals surface area (Å²) < 4.78 is 12.7. The second-order valence-corrected chi connectivity index (χ2v) is 18.9. The highest BCUT2D eigenvalue weighted by molar-refractivity contribution is 5.32. The maximum atomic E-state index is 12.7. The number of rotatable bonds is 3. The van der Waals surface area contributed by atoms with Crippen molar-refractivity contribution in [1.29, 1.82) is 5.26 Å². The summed E-state index contributed by atoms with van der Waals surface area (Å²) >= 11 is 0. The molecule has 0 fully saturated rings. The minimum atomic E-state index is -0.155. The maximum Gasteiger partial charge on any atom is 0.143 e. The molecule has 3 heterocycles. The second kappa shape index (κ2) is 26.6. The van der Waals surface area contributed by atoms with E-state index in [4.69, 9.17) is 5.26 Å². The van der Waals surface area contributed by atoms with E-state index in [1.54, 1.807) is 43.1 Å². The third-order valence-corrected chi connectivity index (χ3v) is 9.41. The predicted octanol–water partition coefficient (Wildman–Crippen LogP) is 15.3. The van der Waals surface area contributed by atoms with Gasteiger partial charge in [0.15, 0.2) is 0 Å². The summed E-state index contributed by atoms with van der Waals surface area (Å²) in [6.45, 7) is 34.4. The second-order valence-electron chi connectivity index (χ2n) is 18.9.